The largest absolute Gasteiger partial charge is 0.508 e. The molecule has 3 nitrogen and oxygen atoms in total. The summed E-state index contributed by atoms with van der Waals surface area (Å²) in [6.45, 7) is 2.52. The minimum Gasteiger partial charge on any atom is -0.508 e. The van der Waals surface area contributed by atoms with Crippen LogP contribution in [0.15, 0.2) is 29.6 Å². The van der Waals surface area contributed by atoms with Gasteiger partial charge in [-0.05, 0) is 24.6 Å². The van der Waals surface area contributed by atoms with Gasteiger partial charge in [-0.3, -0.25) is 0 Å². The van der Waals surface area contributed by atoms with Crippen LogP contribution in [-0.4, -0.2) is 5.11 Å². The molecule has 1 aromatic carbocycles. The quantitative estimate of drug-likeness (QED) is 0.871. The zero-order valence-electron chi connectivity index (χ0n) is 9.40. The Bertz CT molecular complexity index is 569. The number of aryl methyl sites for hydroxylation is 1. The third-order valence-corrected chi connectivity index (χ3v) is 3.40. The number of hydrogen-bond donors (Lipinski definition) is 2. The lowest BCUT2D eigenvalue weighted by atomic mass is 10.2. The first-order valence-electron chi connectivity index (χ1n) is 5.20. The molecule has 0 atom stereocenters. The number of anilines is 1. The topological polar surface area (TPSA) is 56.0 Å². The highest BCUT2D eigenvalue weighted by molar-refractivity contribution is 7.10. The summed E-state index contributed by atoms with van der Waals surface area (Å²) in [5, 5.41) is 23.3. The lowest BCUT2D eigenvalue weighted by Crippen LogP contribution is -1.97. The first kappa shape index (κ1) is 11.5. The molecule has 4 heteroatoms. The maximum atomic E-state index is 9.56. The fourth-order valence-corrected chi connectivity index (χ4v) is 2.19. The lowest BCUT2D eigenvalue weighted by molar-refractivity contribution is 0.471. The van der Waals surface area contributed by atoms with Gasteiger partial charge < -0.3 is 10.4 Å². The maximum absolute atomic E-state index is 9.56. The van der Waals surface area contributed by atoms with Crippen LogP contribution in [-0.2, 0) is 6.54 Å². The fourth-order valence-electron chi connectivity index (χ4n) is 1.44. The number of aromatic hydroxyl groups is 1. The van der Waals surface area contributed by atoms with Crippen LogP contribution in [0.4, 0.5) is 5.69 Å². The van der Waals surface area contributed by atoms with Gasteiger partial charge in [-0.2, -0.15) is 5.26 Å². The van der Waals surface area contributed by atoms with Gasteiger partial charge in [-0.15, -0.1) is 11.3 Å². The van der Waals surface area contributed by atoms with Crippen LogP contribution in [0.2, 0.25) is 0 Å². The molecule has 0 aliphatic carbocycles. The van der Waals surface area contributed by atoms with Gasteiger partial charge >= 0.3 is 0 Å². The van der Waals surface area contributed by atoms with Crippen LogP contribution in [0.25, 0.3) is 0 Å². The summed E-state index contributed by atoms with van der Waals surface area (Å²) in [4.78, 5) is 1.10. The molecular weight excluding hydrogens is 232 g/mol. The van der Waals surface area contributed by atoms with Crippen molar-refractivity contribution in [2.24, 2.45) is 0 Å². The summed E-state index contributed by atoms with van der Waals surface area (Å²) in [6.07, 6.45) is 0. The molecule has 0 unspecified atom stereocenters. The SMILES string of the molecule is Cc1ccc(NCc2cc(C#N)cs2)cc1O. The van der Waals surface area contributed by atoms with Crippen LogP contribution < -0.4 is 5.32 Å². The van der Waals surface area contributed by atoms with Crippen LogP contribution in [0, 0.1) is 18.3 Å². The number of rotatable bonds is 3. The van der Waals surface area contributed by atoms with Gasteiger partial charge in [0.15, 0.2) is 0 Å². The van der Waals surface area contributed by atoms with Crippen molar-refractivity contribution in [1.29, 1.82) is 5.26 Å². The Kier molecular flexibility index (Phi) is 3.31. The standard InChI is InChI=1S/C13H12N2OS/c1-9-2-3-11(5-13(9)16)15-7-12-4-10(6-14)8-17-12/h2-5,8,15-16H,7H2,1H3. The Morgan fingerprint density at radius 2 is 2.24 bits per heavy atom. The van der Waals surface area contributed by atoms with Gasteiger partial charge in [0.25, 0.3) is 0 Å². The van der Waals surface area contributed by atoms with E-state index >= 15 is 0 Å². The molecule has 0 radical (unpaired) electrons. The van der Waals surface area contributed by atoms with E-state index < -0.39 is 0 Å². The monoisotopic (exact) mass is 244 g/mol. The van der Waals surface area contributed by atoms with Gasteiger partial charge in [0.05, 0.1) is 5.56 Å². The van der Waals surface area contributed by atoms with E-state index in [0.29, 0.717) is 17.9 Å². The van der Waals surface area contributed by atoms with E-state index in [4.69, 9.17) is 5.26 Å². The molecule has 2 rings (SSSR count). The van der Waals surface area contributed by atoms with Gasteiger partial charge in [0.2, 0.25) is 0 Å². The summed E-state index contributed by atoms with van der Waals surface area (Å²) in [6, 6.07) is 9.47. The van der Waals surface area contributed by atoms with E-state index in [-0.39, 0.29) is 0 Å². The Labute approximate surface area is 104 Å². The third-order valence-electron chi connectivity index (χ3n) is 2.46. The van der Waals surface area contributed by atoms with Gasteiger partial charge in [-0.1, -0.05) is 6.07 Å². The Morgan fingerprint density at radius 1 is 1.41 bits per heavy atom. The molecule has 0 amide bonds. The normalized spacial score (nSPS) is 9.88. The molecule has 86 valence electrons. The smallest absolute Gasteiger partial charge is 0.120 e. The number of nitrogens with zero attached hydrogens (tertiary/aromatic N) is 1. The Hall–Kier alpha value is -1.99. The lowest BCUT2D eigenvalue weighted by Gasteiger charge is -2.06. The number of phenols is 1. The molecule has 0 bridgehead atoms. The highest BCUT2D eigenvalue weighted by Crippen LogP contribution is 2.22. The van der Waals surface area contributed by atoms with Gasteiger partial charge in [-0.25, -0.2) is 0 Å². The second-order valence-electron chi connectivity index (χ2n) is 3.77. The molecule has 2 aromatic rings. The van der Waals surface area contributed by atoms with E-state index in [0.717, 1.165) is 16.1 Å². The predicted molar refractivity (Wildman–Crippen MR) is 69.2 cm³/mol. The van der Waals surface area contributed by atoms with Crippen molar-refractivity contribution in [1.82, 2.24) is 0 Å². The molecule has 1 heterocycles. The fraction of sp³-hybridized carbons (Fsp3) is 0.154. The molecule has 0 aliphatic heterocycles. The first-order valence-corrected chi connectivity index (χ1v) is 6.08. The summed E-state index contributed by atoms with van der Waals surface area (Å²) >= 11 is 1.55. The van der Waals surface area contributed by atoms with Crippen LogP contribution in [0.1, 0.15) is 16.0 Å². The molecule has 17 heavy (non-hydrogen) atoms. The summed E-state index contributed by atoms with van der Waals surface area (Å²) in [5.41, 5.74) is 2.43. The average Bonchev–Trinajstić information content (AvgIpc) is 2.79. The molecule has 0 spiro atoms. The number of thiophene rings is 1. The Morgan fingerprint density at radius 3 is 2.88 bits per heavy atom. The van der Waals surface area contributed by atoms with Crippen LogP contribution >= 0.6 is 11.3 Å². The second-order valence-corrected chi connectivity index (χ2v) is 4.76. The van der Waals surface area contributed by atoms with E-state index in [1.165, 1.54) is 0 Å². The average molecular weight is 244 g/mol. The summed E-state index contributed by atoms with van der Waals surface area (Å²) < 4.78 is 0. The minimum atomic E-state index is 0.291. The maximum Gasteiger partial charge on any atom is 0.120 e. The third kappa shape index (κ3) is 2.77. The van der Waals surface area contributed by atoms with Crippen molar-refractivity contribution in [2.75, 3.05) is 5.32 Å². The van der Waals surface area contributed by atoms with E-state index in [9.17, 15) is 5.11 Å². The van der Waals surface area contributed by atoms with Crippen molar-refractivity contribution in [3.63, 3.8) is 0 Å². The predicted octanol–water partition coefficient (Wildman–Crippen LogP) is 3.25. The van der Waals surface area contributed by atoms with E-state index in [1.807, 2.05) is 30.5 Å². The molecule has 0 saturated carbocycles. The zero-order chi connectivity index (χ0) is 12.3. The molecule has 0 saturated heterocycles. The van der Waals surface area contributed by atoms with Gasteiger partial charge in [0.1, 0.15) is 11.8 Å². The summed E-state index contributed by atoms with van der Waals surface area (Å²) in [7, 11) is 0. The van der Waals surface area contributed by atoms with Crippen molar-refractivity contribution in [3.8, 4) is 11.8 Å². The summed E-state index contributed by atoms with van der Waals surface area (Å²) in [5.74, 6) is 0.291. The number of benzene rings is 1. The first-order chi connectivity index (χ1) is 8.19. The zero-order valence-corrected chi connectivity index (χ0v) is 10.2. The number of nitriles is 1. The molecule has 2 N–H and O–H groups in total. The number of nitrogens with one attached hydrogen (secondary N) is 1. The van der Waals surface area contributed by atoms with Crippen molar-refractivity contribution >= 4 is 17.0 Å². The second kappa shape index (κ2) is 4.89. The molecule has 1 aromatic heterocycles. The molecule has 0 fully saturated rings. The van der Waals surface area contributed by atoms with E-state index in [2.05, 4.69) is 11.4 Å². The van der Waals surface area contributed by atoms with Crippen LogP contribution in [0.3, 0.4) is 0 Å². The minimum absolute atomic E-state index is 0.291. The molecular formula is C13H12N2OS. The van der Waals surface area contributed by atoms with E-state index in [1.54, 1.807) is 17.4 Å². The van der Waals surface area contributed by atoms with Gasteiger partial charge in [0, 0.05) is 28.6 Å². The van der Waals surface area contributed by atoms with Crippen LogP contribution in [0.5, 0.6) is 5.75 Å². The Balaban J connectivity index is 2.02. The number of hydrogen-bond acceptors (Lipinski definition) is 4. The van der Waals surface area contributed by atoms with Crippen molar-refractivity contribution < 1.29 is 5.11 Å². The highest BCUT2D eigenvalue weighted by Gasteiger charge is 2.01. The van der Waals surface area contributed by atoms with Crippen molar-refractivity contribution in [3.05, 3.63) is 45.6 Å². The molecule has 0 aliphatic rings. The van der Waals surface area contributed by atoms with Crippen molar-refractivity contribution in [2.45, 2.75) is 13.5 Å². The highest BCUT2D eigenvalue weighted by atomic mass is 32.1. The number of phenolic OH excluding ortho intramolecular Hbond substituents is 1.